The fourth-order valence-electron chi connectivity index (χ4n) is 5.26. The zero-order chi connectivity index (χ0) is 30.3. The summed E-state index contributed by atoms with van der Waals surface area (Å²) in [5.41, 5.74) is 2.66. The lowest BCUT2D eigenvalue weighted by Gasteiger charge is -2.34. The minimum atomic E-state index is -0.788. The summed E-state index contributed by atoms with van der Waals surface area (Å²) in [4.78, 5) is 29.6. The molecular formula is C34H39BrCl2N2O3. The van der Waals surface area contributed by atoms with Gasteiger partial charge in [0.2, 0.25) is 5.91 Å². The molecule has 8 heteroatoms. The highest BCUT2D eigenvalue weighted by atomic mass is 79.9. The Kier molecular flexibility index (Phi) is 11.4. The molecule has 0 saturated heterocycles. The van der Waals surface area contributed by atoms with Gasteiger partial charge in [-0.25, -0.2) is 0 Å². The highest BCUT2D eigenvalue weighted by molar-refractivity contribution is 9.10. The largest absolute Gasteiger partial charge is 0.483 e. The van der Waals surface area contributed by atoms with Crippen LogP contribution in [0.5, 0.6) is 5.75 Å². The van der Waals surface area contributed by atoms with Crippen LogP contribution in [0.15, 0.2) is 71.2 Å². The summed E-state index contributed by atoms with van der Waals surface area (Å²) in [6, 6.07) is 20.2. The van der Waals surface area contributed by atoms with Crippen molar-refractivity contribution >= 4 is 50.9 Å². The monoisotopic (exact) mass is 672 g/mol. The first kappa shape index (κ1) is 32.4. The first-order valence-corrected chi connectivity index (χ1v) is 16.1. The lowest BCUT2D eigenvalue weighted by Crippen LogP contribution is -2.53. The van der Waals surface area contributed by atoms with Crippen LogP contribution in [0.1, 0.15) is 69.6 Å². The van der Waals surface area contributed by atoms with Crippen LogP contribution in [0.3, 0.4) is 0 Å². The quantitative estimate of drug-likeness (QED) is 0.235. The number of rotatable bonds is 10. The van der Waals surface area contributed by atoms with Crippen LogP contribution >= 0.6 is 39.1 Å². The second kappa shape index (κ2) is 14.8. The van der Waals surface area contributed by atoms with Crippen molar-refractivity contribution in [3.63, 3.8) is 0 Å². The van der Waals surface area contributed by atoms with E-state index in [2.05, 4.69) is 42.0 Å². The fourth-order valence-corrected chi connectivity index (χ4v) is 6.27. The summed E-state index contributed by atoms with van der Waals surface area (Å²) in [5.74, 6) is 0.0360. The van der Waals surface area contributed by atoms with Crippen LogP contribution in [0.2, 0.25) is 10.0 Å². The Hall–Kier alpha value is -2.54. The number of ether oxygens (including phenoxy) is 1. The normalized spacial score (nSPS) is 14.7. The summed E-state index contributed by atoms with van der Waals surface area (Å²) in [5, 5.41) is 4.12. The average molecular weight is 675 g/mol. The van der Waals surface area contributed by atoms with Gasteiger partial charge in [-0.1, -0.05) is 106 Å². The lowest BCUT2D eigenvalue weighted by atomic mass is 9.87. The van der Waals surface area contributed by atoms with Gasteiger partial charge in [0, 0.05) is 34.6 Å². The average Bonchev–Trinajstić information content (AvgIpc) is 2.96. The summed E-state index contributed by atoms with van der Waals surface area (Å²) in [6.07, 6.45) is 5.58. The molecule has 42 heavy (non-hydrogen) atoms. The first-order valence-electron chi connectivity index (χ1n) is 14.5. The minimum absolute atomic E-state index is 0.0295. The molecule has 0 unspecified atom stereocenters. The van der Waals surface area contributed by atoms with E-state index in [4.69, 9.17) is 27.9 Å². The minimum Gasteiger partial charge on any atom is -0.483 e. The van der Waals surface area contributed by atoms with Gasteiger partial charge in [-0.05, 0) is 69.6 Å². The molecular weight excluding hydrogens is 635 g/mol. The second-order valence-corrected chi connectivity index (χ2v) is 13.6. The predicted octanol–water partition coefficient (Wildman–Crippen LogP) is 8.52. The molecule has 0 spiro atoms. The SMILES string of the molecule is CC(C)(C)c1ccc(OCC(=O)N(Cc2c(Cl)cccc2Cl)[C@@H](Cc2ccccc2)C(=O)NC2CCCCC2)c(Br)c1. The smallest absolute Gasteiger partial charge is 0.261 e. The maximum absolute atomic E-state index is 14.0. The van der Waals surface area contributed by atoms with Crippen LogP contribution < -0.4 is 10.1 Å². The second-order valence-electron chi connectivity index (χ2n) is 12.0. The first-order chi connectivity index (χ1) is 20.0. The molecule has 0 heterocycles. The van der Waals surface area contributed by atoms with Crippen molar-refractivity contribution in [3.05, 3.63) is 97.9 Å². The molecule has 0 aromatic heterocycles. The van der Waals surface area contributed by atoms with E-state index in [-0.39, 0.29) is 36.4 Å². The van der Waals surface area contributed by atoms with Crippen LogP contribution in [-0.2, 0) is 28.0 Å². The molecule has 1 atom stereocenters. The maximum Gasteiger partial charge on any atom is 0.261 e. The number of benzene rings is 3. The van der Waals surface area contributed by atoms with Crippen molar-refractivity contribution in [2.45, 2.75) is 83.3 Å². The molecule has 1 fully saturated rings. The lowest BCUT2D eigenvalue weighted by molar-refractivity contribution is -0.143. The van der Waals surface area contributed by atoms with Gasteiger partial charge in [0.05, 0.1) is 4.47 Å². The number of hydrogen-bond donors (Lipinski definition) is 1. The van der Waals surface area contributed by atoms with Crippen LogP contribution in [-0.4, -0.2) is 35.4 Å². The summed E-state index contributed by atoms with van der Waals surface area (Å²) < 4.78 is 6.80. The van der Waals surface area contributed by atoms with E-state index in [0.29, 0.717) is 27.8 Å². The Morgan fingerprint density at radius 3 is 2.26 bits per heavy atom. The number of nitrogens with one attached hydrogen (secondary N) is 1. The third-order valence-electron chi connectivity index (χ3n) is 7.76. The van der Waals surface area contributed by atoms with Gasteiger partial charge >= 0.3 is 0 Å². The number of nitrogens with zero attached hydrogens (tertiary/aromatic N) is 1. The van der Waals surface area contributed by atoms with Gasteiger partial charge in [-0.3, -0.25) is 9.59 Å². The van der Waals surface area contributed by atoms with Crippen molar-refractivity contribution < 1.29 is 14.3 Å². The van der Waals surface area contributed by atoms with Gasteiger partial charge in [0.25, 0.3) is 5.91 Å². The molecule has 0 radical (unpaired) electrons. The van der Waals surface area contributed by atoms with Crippen molar-refractivity contribution in [2.75, 3.05) is 6.61 Å². The van der Waals surface area contributed by atoms with E-state index in [1.807, 2.05) is 48.5 Å². The van der Waals surface area contributed by atoms with Crippen molar-refractivity contribution in [3.8, 4) is 5.75 Å². The molecule has 3 aromatic carbocycles. The van der Waals surface area contributed by atoms with E-state index in [0.717, 1.165) is 41.3 Å². The molecule has 1 N–H and O–H groups in total. The predicted molar refractivity (Wildman–Crippen MR) is 174 cm³/mol. The van der Waals surface area contributed by atoms with Crippen molar-refractivity contribution in [2.24, 2.45) is 0 Å². The third-order valence-corrected chi connectivity index (χ3v) is 9.09. The van der Waals surface area contributed by atoms with E-state index in [1.54, 1.807) is 23.1 Å². The van der Waals surface area contributed by atoms with E-state index in [9.17, 15) is 9.59 Å². The van der Waals surface area contributed by atoms with Gasteiger partial charge in [0.15, 0.2) is 6.61 Å². The molecule has 224 valence electrons. The summed E-state index contributed by atoms with van der Waals surface area (Å²) in [7, 11) is 0. The van der Waals surface area contributed by atoms with E-state index < -0.39 is 6.04 Å². The number of halogens is 3. The molecule has 2 amide bonds. The standard InChI is InChI=1S/C34H39BrCl2N2O3/c1-34(2,3)24-17-18-31(27(35)20-24)42-22-32(40)39(21-26-28(36)15-10-16-29(26)37)30(19-23-11-6-4-7-12-23)33(41)38-25-13-8-5-9-14-25/h4,6-7,10-12,15-18,20,25,30H,5,8-9,13-14,19,21-22H2,1-3H3,(H,38,41)/t30-/m0/s1. The molecule has 4 rings (SSSR count). The van der Waals surface area contributed by atoms with Crippen LogP contribution in [0, 0.1) is 0 Å². The summed E-state index contributed by atoms with van der Waals surface area (Å²) in [6.45, 7) is 6.24. The molecule has 3 aromatic rings. The number of hydrogen-bond acceptors (Lipinski definition) is 3. The van der Waals surface area contributed by atoms with Crippen molar-refractivity contribution in [1.29, 1.82) is 0 Å². The molecule has 1 saturated carbocycles. The Balaban J connectivity index is 1.65. The Bertz CT molecular complexity index is 1350. The molecule has 1 aliphatic carbocycles. The highest BCUT2D eigenvalue weighted by Crippen LogP contribution is 2.32. The number of carbonyl (C=O) groups excluding carboxylic acids is 2. The fraction of sp³-hybridized carbons (Fsp3) is 0.412. The molecule has 0 aliphatic heterocycles. The van der Waals surface area contributed by atoms with Gasteiger partial charge in [-0.2, -0.15) is 0 Å². The highest BCUT2D eigenvalue weighted by Gasteiger charge is 2.33. The van der Waals surface area contributed by atoms with Gasteiger partial charge in [0.1, 0.15) is 11.8 Å². The van der Waals surface area contributed by atoms with E-state index in [1.165, 1.54) is 6.42 Å². The van der Waals surface area contributed by atoms with Crippen LogP contribution in [0.4, 0.5) is 0 Å². The maximum atomic E-state index is 14.0. The number of amides is 2. The molecule has 1 aliphatic rings. The topological polar surface area (TPSA) is 58.6 Å². The molecule has 5 nitrogen and oxygen atoms in total. The van der Waals surface area contributed by atoms with Gasteiger partial charge < -0.3 is 15.0 Å². The van der Waals surface area contributed by atoms with Crippen molar-refractivity contribution in [1.82, 2.24) is 10.2 Å². The zero-order valence-corrected chi connectivity index (χ0v) is 27.6. The van der Waals surface area contributed by atoms with Gasteiger partial charge in [-0.15, -0.1) is 0 Å². The van der Waals surface area contributed by atoms with Crippen LogP contribution in [0.25, 0.3) is 0 Å². The Labute approximate surface area is 268 Å². The number of carbonyl (C=O) groups is 2. The Morgan fingerprint density at radius 2 is 1.64 bits per heavy atom. The van der Waals surface area contributed by atoms with E-state index >= 15 is 0 Å². The Morgan fingerprint density at radius 1 is 0.976 bits per heavy atom. The zero-order valence-electron chi connectivity index (χ0n) is 24.5. The molecule has 0 bridgehead atoms. The third kappa shape index (κ3) is 8.75. The summed E-state index contributed by atoms with van der Waals surface area (Å²) >= 11 is 16.7.